The summed E-state index contributed by atoms with van der Waals surface area (Å²) in [6.07, 6.45) is 2.60. The summed E-state index contributed by atoms with van der Waals surface area (Å²) in [7, 11) is 1.89. The third-order valence-corrected chi connectivity index (χ3v) is 4.26. The fraction of sp³-hybridized carbons (Fsp3) is 0.533. The molecule has 1 rings (SSSR count). The zero-order valence-electron chi connectivity index (χ0n) is 12.2. The molecule has 4 heteroatoms. The molecule has 0 saturated carbocycles. The lowest BCUT2D eigenvalue weighted by Gasteiger charge is -2.25. The van der Waals surface area contributed by atoms with Crippen LogP contribution >= 0.6 is 11.8 Å². The monoisotopic (exact) mass is 280 g/mol. The predicted molar refractivity (Wildman–Crippen MR) is 84.5 cm³/mol. The van der Waals surface area contributed by atoms with Crippen molar-refractivity contribution in [3.63, 3.8) is 0 Å². The first-order chi connectivity index (χ1) is 8.95. The van der Waals surface area contributed by atoms with E-state index in [4.69, 9.17) is 5.73 Å². The van der Waals surface area contributed by atoms with Crippen LogP contribution in [-0.2, 0) is 4.79 Å². The van der Waals surface area contributed by atoms with Crippen LogP contribution in [-0.4, -0.2) is 35.9 Å². The second-order valence-electron chi connectivity index (χ2n) is 5.08. The quantitative estimate of drug-likeness (QED) is 0.815. The Morgan fingerprint density at radius 1 is 1.32 bits per heavy atom. The van der Waals surface area contributed by atoms with Gasteiger partial charge in [0.05, 0.1) is 0 Å². The molecule has 106 valence electrons. The van der Waals surface area contributed by atoms with Gasteiger partial charge in [-0.3, -0.25) is 4.79 Å². The van der Waals surface area contributed by atoms with Gasteiger partial charge < -0.3 is 10.6 Å². The minimum Gasteiger partial charge on any atom is -0.399 e. The van der Waals surface area contributed by atoms with Crippen molar-refractivity contribution in [2.75, 3.05) is 24.8 Å². The molecule has 0 aliphatic carbocycles. The molecule has 1 amide bonds. The van der Waals surface area contributed by atoms with Crippen LogP contribution in [0.25, 0.3) is 0 Å². The van der Waals surface area contributed by atoms with Crippen molar-refractivity contribution in [3.8, 4) is 0 Å². The van der Waals surface area contributed by atoms with Crippen LogP contribution in [0.2, 0.25) is 0 Å². The van der Waals surface area contributed by atoms with Gasteiger partial charge in [0.1, 0.15) is 0 Å². The molecule has 0 radical (unpaired) electrons. The molecule has 1 aromatic rings. The summed E-state index contributed by atoms with van der Waals surface area (Å²) in [5.41, 5.74) is 7.59. The number of anilines is 1. The van der Waals surface area contributed by atoms with E-state index in [1.54, 1.807) is 11.8 Å². The lowest BCUT2D eigenvalue weighted by molar-refractivity contribution is -0.131. The number of amides is 1. The zero-order chi connectivity index (χ0) is 14.4. The average molecular weight is 280 g/mol. The molecule has 19 heavy (non-hydrogen) atoms. The average Bonchev–Trinajstić information content (AvgIpc) is 2.38. The molecule has 1 aromatic carbocycles. The third-order valence-electron chi connectivity index (χ3n) is 3.45. The molecule has 0 aromatic heterocycles. The Morgan fingerprint density at radius 2 is 1.89 bits per heavy atom. The Labute approximate surface area is 120 Å². The van der Waals surface area contributed by atoms with E-state index in [0.29, 0.717) is 6.42 Å². The second-order valence-corrected chi connectivity index (χ2v) is 5.99. The van der Waals surface area contributed by atoms with Gasteiger partial charge in [0.25, 0.3) is 0 Å². The fourth-order valence-electron chi connectivity index (χ4n) is 1.95. The number of carbonyl (C=O) groups excluding carboxylic acids is 1. The van der Waals surface area contributed by atoms with Crippen molar-refractivity contribution in [3.05, 3.63) is 29.8 Å². The molecular formula is C15H24N2OS. The SMILES string of the molecule is CSCC(C)N(C)C(=O)CC(C)c1ccc(N)cc1. The maximum atomic E-state index is 12.2. The van der Waals surface area contributed by atoms with Crippen molar-refractivity contribution in [1.29, 1.82) is 0 Å². The molecule has 0 aliphatic heterocycles. The number of nitrogens with zero attached hydrogens (tertiary/aromatic N) is 1. The number of carbonyl (C=O) groups is 1. The van der Waals surface area contributed by atoms with Gasteiger partial charge in [-0.2, -0.15) is 11.8 Å². The summed E-state index contributed by atoms with van der Waals surface area (Å²) in [5, 5.41) is 0. The van der Waals surface area contributed by atoms with Crippen LogP contribution in [0.15, 0.2) is 24.3 Å². The topological polar surface area (TPSA) is 46.3 Å². The van der Waals surface area contributed by atoms with Crippen LogP contribution < -0.4 is 5.73 Å². The van der Waals surface area contributed by atoms with Crippen LogP contribution in [0.5, 0.6) is 0 Å². The maximum absolute atomic E-state index is 12.2. The highest BCUT2D eigenvalue weighted by Crippen LogP contribution is 2.21. The zero-order valence-corrected chi connectivity index (χ0v) is 13.0. The lowest BCUT2D eigenvalue weighted by atomic mass is 9.97. The Balaban J connectivity index is 2.58. The lowest BCUT2D eigenvalue weighted by Crippen LogP contribution is -2.37. The van der Waals surface area contributed by atoms with Gasteiger partial charge >= 0.3 is 0 Å². The van der Waals surface area contributed by atoms with Crippen LogP contribution in [0, 0.1) is 0 Å². The summed E-state index contributed by atoms with van der Waals surface area (Å²) in [6, 6.07) is 8.05. The molecule has 2 N–H and O–H groups in total. The number of hydrogen-bond donors (Lipinski definition) is 1. The van der Waals surface area contributed by atoms with Gasteiger partial charge in [-0.25, -0.2) is 0 Å². The molecule has 0 bridgehead atoms. The van der Waals surface area contributed by atoms with Gasteiger partial charge in [-0.05, 0) is 36.8 Å². The number of benzene rings is 1. The largest absolute Gasteiger partial charge is 0.399 e. The van der Waals surface area contributed by atoms with Crippen molar-refractivity contribution in [2.45, 2.75) is 32.2 Å². The summed E-state index contributed by atoms with van der Waals surface area (Å²) in [5.74, 6) is 1.39. The van der Waals surface area contributed by atoms with Gasteiger partial charge in [0.15, 0.2) is 0 Å². The van der Waals surface area contributed by atoms with Crippen LogP contribution in [0.3, 0.4) is 0 Å². The van der Waals surface area contributed by atoms with Crippen molar-refractivity contribution < 1.29 is 4.79 Å². The van der Waals surface area contributed by atoms with Gasteiger partial charge in [0, 0.05) is 31.0 Å². The standard InChI is InChI=1S/C15H24N2OS/c1-11(13-5-7-14(16)8-6-13)9-15(18)17(3)12(2)10-19-4/h5-8,11-12H,9-10,16H2,1-4H3. The third kappa shape index (κ3) is 4.78. The van der Waals surface area contributed by atoms with Gasteiger partial charge in [-0.15, -0.1) is 0 Å². The van der Waals surface area contributed by atoms with E-state index in [1.807, 2.05) is 36.2 Å². The van der Waals surface area contributed by atoms with E-state index in [1.165, 1.54) is 0 Å². The predicted octanol–water partition coefficient (Wildman–Crippen LogP) is 2.97. The summed E-state index contributed by atoms with van der Waals surface area (Å²) in [6.45, 7) is 4.17. The van der Waals surface area contributed by atoms with E-state index in [0.717, 1.165) is 17.0 Å². The maximum Gasteiger partial charge on any atom is 0.223 e. The number of nitrogen functional groups attached to an aromatic ring is 1. The molecular weight excluding hydrogens is 256 g/mol. The Morgan fingerprint density at radius 3 is 2.42 bits per heavy atom. The first kappa shape index (κ1) is 15.9. The van der Waals surface area contributed by atoms with E-state index in [2.05, 4.69) is 20.1 Å². The second kappa shape index (κ2) is 7.43. The van der Waals surface area contributed by atoms with Gasteiger partial charge in [0.2, 0.25) is 5.91 Å². The minimum absolute atomic E-state index is 0.200. The molecule has 2 atom stereocenters. The van der Waals surface area contributed by atoms with Crippen molar-refractivity contribution >= 4 is 23.4 Å². The molecule has 0 fully saturated rings. The van der Waals surface area contributed by atoms with Crippen LogP contribution in [0.4, 0.5) is 5.69 Å². The number of nitrogens with two attached hydrogens (primary N) is 1. The fourth-order valence-corrected chi connectivity index (χ4v) is 2.65. The highest BCUT2D eigenvalue weighted by molar-refractivity contribution is 7.98. The molecule has 2 unspecified atom stereocenters. The Bertz CT molecular complexity index is 405. The molecule has 0 spiro atoms. The van der Waals surface area contributed by atoms with Crippen molar-refractivity contribution in [1.82, 2.24) is 4.90 Å². The first-order valence-corrected chi connectivity index (χ1v) is 7.95. The highest BCUT2D eigenvalue weighted by atomic mass is 32.2. The van der Waals surface area contributed by atoms with Crippen LogP contribution in [0.1, 0.15) is 31.7 Å². The normalized spacial score (nSPS) is 13.9. The summed E-state index contributed by atoms with van der Waals surface area (Å²) < 4.78 is 0. The Hall–Kier alpha value is -1.16. The number of rotatable bonds is 6. The summed E-state index contributed by atoms with van der Waals surface area (Å²) in [4.78, 5) is 14.1. The van der Waals surface area contributed by atoms with Gasteiger partial charge in [-0.1, -0.05) is 19.1 Å². The smallest absolute Gasteiger partial charge is 0.223 e. The summed E-state index contributed by atoms with van der Waals surface area (Å²) >= 11 is 1.76. The highest BCUT2D eigenvalue weighted by Gasteiger charge is 2.18. The van der Waals surface area contributed by atoms with E-state index < -0.39 is 0 Å². The number of hydrogen-bond acceptors (Lipinski definition) is 3. The number of thioether (sulfide) groups is 1. The molecule has 0 aliphatic rings. The first-order valence-electron chi connectivity index (χ1n) is 6.55. The minimum atomic E-state index is 0.200. The van der Waals surface area contributed by atoms with E-state index in [-0.39, 0.29) is 17.9 Å². The molecule has 0 heterocycles. The molecule has 0 saturated heterocycles. The van der Waals surface area contributed by atoms with E-state index in [9.17, 15) is 4.79 Å². The van der Waals surface area contributed by atoms with E-state index >= 15 is 0 Å². The Kier molecular flexibility index (Phi) is 6.22. The van der Waals surface area contributed by atoms with Crippen molar-refractivity contribution in [2.24, 2.45) is 0 Å². The molecule has 3 nitrogen and oxygen atoms in total.